The molecular weight excluding hydrogens is 494 g/mol. The maximum atomic E-state index is 12.8. The van der Waals surface area contributed by atoms with Crippen molar-refractivity contribution in [1.29, 1.82) is 0 Å². The number of rotatable bonds is 7. The van der Waals surface area contributed by atoms with Crippen LogP contribution in [0.25, 0.3) is 6.08 Å². The maximum absolute atomic E-state index is 12.8. The van der Waals surface area contributed by atoms with Gasteiger partial charge in [-0.2, -0.15) is 0 Å². The van der Waals surface area contributed by atoms with Crippen molar-refractivity contribution in [2.45, 2.75) is 13.5 Å². The Morgan fingerprint density at radius 2 is 2.03 bits per heavy atom. The van der Waals surface area contributed by atoms with E-state index in [0.29, 0.717) is 16.3 Å². The third kappa shape index (κ3) is 5.65. The quantitative estimate of drug-likeness (QED) is 0.373. The first-order valence-corrected chi connectivity index (χ1v) is 10.9. The maximum Gasteiger partial charge on any atom is 0.344 e. The minimum absolute atomic E-state index is 0.132. The van der Waals surface area contributed by atoms with E-state index >= 15 is 0 Å². The minimum atomic E-state index is -0.492. The average molecular weight is 511 g/mol. The van der Waals surface area contributed by atoms with E-state index in [9.17, 15) is 14.4 Å². The molecule has 0 unspecified atom stereocenters. The minimum Gasteiger partial charge on any atom is -0.481 e. The van der Waals surface area contributed by atoms with Crippen molar-refractivity contribution < 1.29 is 23.9 Å². The Labute approximate surface area is 191 Å². The average Bonchev–Trinajstić information content (AvgIpc) is 2.95. The van der Waals surface area contributed by atoms with E-state index in [2.05, 4.69) is 15.9 Å². The van der Waals surface area contributed by atoms with Gasteiger partial charge in [0.05, 0.1) is 18.1 Å². The topological polar surface area (TPSA) is 72.9 Å². The van der Waals surface area contributed by atoms with Gasteiger partial charge in [-0.15, -0.1) is 0 Å². The zero-order valence-corrected chi connectivity index (χ0v) is 19.1. The molecule has 0 aromatic heterocycles. The van der Waals surface area contributed by atoms with Gasteiger partial charge in [-0.05, 0) is 60.7 Å². The molecule has 0 spiro atoms. The van der Waals surface area contributed by atoms with Crippen LogP contribution in [0.5, 0.6) is 5.75 Å². The molecule has 0 bridgehead atoms. The molecule has 0 aliphatic carbocycles. The van der Waals surface area contributed by atoms with Crippen molar-refractivity contribution in [1.82, 2.24) is 4.90 Å². The predicted molar refractivity (Wildman–Crippen MR) is 119 cm³/mol. The highest BCUT2D eigenvalue weighted by Gasteiger charge is 2.35. The molecule has 1 aliphatic heterocycles. The van der Waals surface area contributed by atoms with E-state index in [1.807, 2.05) is 0 Å². The Hall–Kier alpha value is -2.29. The van der Waals surface area contributed by atoms with Crippen LogP contribution in [0.3, 0.4) is 0 Å². The number of hydrogen-bond donors (Lipinski definition) is 0. The number of amides is 2. The first kappa shape index (κ1) is 22.4. The van der Waals surface area contributed by atoms with E-state index in [1.165, 1.54) is 4.90 Å². The summed E-state index contributed by atoms with van der Waals surface area (Å²) in [6, 6.07) is 12.2. The van der Waals surface area contributed by atoms with Gasteiger partial charge in [0.15, 0.2) is 6.61 Å². The van der Waals surface area contributed by atoms with Crippen LogP contribution in [-0.4, -0.2) is 35.2 Å². The molecule has 1 fully saturated rings. The number of hydrogen-bond acceptors (Lipinski definition) is 6. The van der Waals surface area contributed by atoms with Crippen LogP contribution in [-0.2, 0) is 20.9 Å². The van der Waals surface area contributed by atoms with Gasteiger partial charge in [0.25, 0.3) is 11.1 Å². The number of carbonyl (C=O) groups excluding carboxylic acids is 3. The first-order chi connectivity index (χ1) is 14.4. The fourth-order valence-corrected chi connectivity index (χ4v) is 4.12. The Morgan fingerprint density at radius 1 is 1.23 bits per heavy atom. The number of nitrogens with zero attached hydrogens (tertiary/aromatic N) is 1. The fourth-order valence-electron chi connectivity index (χ4n) is 2.70. The molecule has 1 heterocycles. The Balaban J connectivity index is 1.81. The second-order valence-electron chi connectivity index (χ2n) is 6.17. The fraction of sp³-hybridized carbons (Fsp3) is 0.190. The van der Waals surface area contributed by atoms with E-state index in [-0.39, 0.29) is 29.9 Å². The lowest BCUT2D eigenvalue weighted by Crippen LogP contribution is -2.27. The number of thioether (sulfide) groups is 1. The number of esters is 1. The molecule has 0 N–H and O–H groups in total. The van der Waals surface area contributed by atoms with Gasteiger partial charge >= 0.3 is 5.97 Å². The van der Waals surface area contributed by atoms with Crippen molar-refractivity contribution in [3.63, 3.8) is 0 Å². The molecule has 1 saturated heterocycles. The van der Waals surface area contributed by atoms with Crippen LogP contribution in [0.2, 0.25) is 5.02 Å². The van der Waals surface area contributed by atoms with Crippen molar-refractivity contribution in [2.24, 2.45) is 0 Å². The van der Waals surface area contributed by atoms with Crippen LogP contribution >= 0.6 is 39.3 Å². The number of carbonyl (C=O) groups is 3. The molecule has 2 amide bonds. The summed E-state index contributed by atoms with van der Waals surface area (Å²) in [6.45, 7) is 1.84. The highest BCUT2D eigenvalue weighted by molar-refractivity contribution is 9.10. The smallest absolute Gasteiger partial charge is 0.344 e. The molecule has 0 radical (unpaired) electrons. The van der Waals surface area contributed by atoms with Crippen LogP contribution in [0.1, 0.15) is 18.1 Å². The molecule has 2 aromatic carbocycles. The molecule has 6 nitrogen and oxygen atoms in total. The third-order valence-corrected chi connectivity index (χ3v) is 5.65. The summed E-state index contributed by atoms with van der Waals surface area (Å²) >= 11 is 10.2. The Kier molecular flexibility index (Phi) is 7.58. The molecule has 9 heteroatoms. The standard InChI is InChI=1S/C21H17BrClNO5S/c1-2-28-19(25)12-29-17-7-6-15(22)9-14(17)10-18-20(26)24(21(27)30-18)11-13-4-3-5-16(23)8-13/h3-10H,2,11-12H2,1H3/b18-10-. The van der Waals surface area contributed by atoms with Gasteiger partial charge in [0.1, 0.15) is 5.75 Å². The normalized spacial score (nSPS) is 15.0. The van der Waals surface area contributed by atoms with Crippen LogP contribution in [0.15, 0.2) is 51.8 Å². The van der Waals surface area contributed by atoms with E-state index in [1.54, 1.807) is 55.5 Å². The largest absolute Gasteiger partial charge is 0.481 e. The molecule has 0 saturated carbocycles. The van der Waals surface area contributed by atoms with E-state index < -0.39 is 11.9 Å². The van der Waals surface area contributed by atoms with Gasteiger partial charge in [-0.1, -0.05) is 39.7 Å². The lowest BCUT2D eigenvalue weighted by atomic mass is 10.1. The van der Waals surface area contributed by atoms with Gasteiger partial charge < -0.3 is 9.47 Å². The summed E-state index contributed by atoms with van der Waals surface area (Å²) in [7, 11) is 0. The lowest BCUT2D eigenvalue weighted by Gasteiger charge is -2.12. The first-order valence-electron chi connectivity index (χ1n) is 8.95. The zero-order chi connectivity index (χ0) is 21.7. The van der Waals surface area contributed by atoms with Gasteiger partial charge in [0, 0.05) is 15.1 Å². The highest BCUT2D eigenvalue weighted by Crippen LogP contribution is 2.35. The second-order valence-corrected chi connectivity index (χ2v) is 8.52. The van der Waals surface area contributed by atoms with Crippen LogP contribution in [0, 0.1) is 0 Å². The summed E-state index contributed by atoms with van der Waals surface area (Å²) < 4.78 is 11.2. The number of imide groups is 1. The summed E-state index contributed by atoms with van der Waals surface area (Å²) in [6.07, 6.45) is 1.58. The molecule has 2 aromatic rings. The van der Waals surface area contributed by atoms with Crippen molar-refractivity contribution >= 4 is 62.5 Å². The molecule has 0 atom stereocenters. The van der Waals surface area contributed by atoms with Gasteiger partial charge in [-0.25, -0.2) is 4.79 Å². The number of halogens is 2. The van der Waals surface area contributed by atoms with Gasteiger partial charge in [0.2, 0.25) is 0 Å². The molecule has 3 rings (SSSR count). The van der Waals surface area contributed by atoms with Crippen molar-refractivity contribution in [3.8, 4) is 5.75 Å². The van der Waals surface area contributed by atoms with Gasteiger partial charge in [-0.3, -0.25) is 14.5 Å². The summed E-state index contributed by atoms with van der Waals surface area (Å²) in [5.41, 5.74) is 1.31. The number of benzene rings is 2. The van der Waals surface area contributed by atoms with Crippen LogP contribution < -0.4 is 4.74 Å². The van der Waals surface area contributed by atoms with Crippen LogP contribution in [0.4, 0.5) is 4.79 Å². The molecule has 156 valence electrons. The summed E-state index contributed by atoms with van der Waals surface area (Å²) in [5, 5.41) is 0.169. The SMILES string of the molecule is CCOC(=O)COc1ccc(Br)cc1/C=C1\SC(=O)N(Cc2cccc(Cl)c2)C1=O. The molecular formula is C21H17BrClNO5S. The van der Waals surface area contributed by atoms with E-state index in [4.69, 9.17) is 21.1 Å². The van der Waals surface area contributed by atoms with Crippen molar-refractivity contribution in [2.75, 3.05) is 13.2 Å². The third-order valence-electron chi connectivity index (χ3n) is 4.01. The molecule has 1 aliphatic rings. The summed E-state index contributed by atoms with van der Waals surface area (Å²) in [4.78, 5) is 38.2. The molecule has 30 heavy (non-hydrogen) atoms. The second kappa shape index (κ2) is 10.1. The van der Waals surface area contributed by atoms with Crippen molar-refractivity contribution in [3.05, 3.63) is 68.0 Å². The monoisotopic (exact) mass is 509 g/mol. The Bertz CT molecular complexity index is 1030. The highest BCUT2D eigenvalue weighted by atomic mass is 79.9. The Morgan fingerprint density at radius 3 is 2.77 bits per heavy atom. The zero-order valence-electron chi connectivity index (χ0n) is 15.9. The predicted octanol–water partition coefficient (Wildman–Crippen LogP) is 5.28. The van der Waals surface area contributed by atoms with E-state index in [0.717, 1.165) is 21.8 Å². The summed E-state index contributed by atoms with van der Waals surface area (Å²) in [5.74, 6) is -0.498. The number of ether oxygens (including phenoxy) is 2. The lowest BCUT2D eigenvalue weighted by molar-refractivity contribution is -0.145.